The third-order valence-electron chi connectivity index (χ3n) is 3.45. The third-order valence-corrected chi connectivity index (χ3v) is 3.45. The van der Waals surface area contributed by atoms with Crippen LogP contribution in [0.3, 0.4) is 0 Å². The first-order valence-electron chi connectivity index (χ1n) is 6.63. The molecular formula is C14H23N3O. The molecule has 1 fully saturated rings. The summed E-state index contributed by atoms with van der Waals surface area (Å²) in [4.78, 5) is 6.87. The van der Waals surface area contributed by atoms with Crippen LogP contribution in [-0.2, 0) is 4.74 Å². The lowest BCUT2D eigenvalue weighted by Gasteiger charge is -2.36. The van der Waals surface area contributed by atoms with Crippen molar-refractivity contribution in [2.75, 3.05) is 25.0 Å². The average Bonchev–Trinajstić information content (AvgIpc) is 2.37. The molecule has 1 N–H and O–H groups in total. The Hall–Kier alpha value is -1.13. The fraction of sp³-hybridized carbons (Fsp3) is 0.643. The third kappa shape index (κ3) is 3.00. The van der Waals surface area contributed by atoms with E-state index >= 15 is 0 Å². The number of hydrogen-bond acceptors (Lipinski definition) is 4. The number of nitrogens with one attached hydrogen (secondary N) is 1. The molecule has 3 unspecified atom stereocenters. The number of hydrogen-bond donors (Lipinski definition) is 1. The molecule has 0 spiro atoms. The number of rotatable bonds is 3. The Morgan fingerprint density at radius 2 is 2.00 bits per heavy atom. The average molecular weight is 249 g/mol. The van der Waals surface area contributed by atoms with Crippen molar-refractivity contribution < 1.29 is 4.74 Å². The van der Waals surface area contributed by atoms with Gasteiger partial charge in [0.1, 0.15) is 5.82 Å². The van der Waals surface area contributed by atoms with Crippen LogP contribution >= 0.6 is 0 Å². The van der Waals surface area contributed by atoms with Crippen LogP contribution in [-0.4, -0.2) is 37.3 Å². The van der Waals surface area contributed by atoms with E-state index in [1.54, 1.807) is 0 Å². The largest absolute Gasteiger partial charge is 0.372 e. The van der Waals surface area contributed by atoms with Crippen LogP contribution in [0.2, 0.25) is 0 Å². The summed E-state index contributed by atoms with van der Waals surface area (Å²) in [5.41, 5.74) is 1.22. The van der Waals surface area contributed by atoms with Crippen molar-refractivity contribution >= 4 is 5.82 Å². The summed E-state index contributed by atoms with van der Waals surface area (Å²) in [5, 5.41) is 3.22. The summed E-state index contributed by atoms with van der Waals surface area (Å²) in [6, 6.07) is 4.59. The summed E-state index contributed by atoms with van der Waals surface area (Å²) >= 11 is 0. The van der Waals surface area contributed by atoms with Crippen molar-refractivity contribution in [2.45, 2.75) is 39.0 Å². The maximum Gasteiger partial charge on any atom is 0.128 e. The van der Waals surface area contributed by atoms with Gasteiger partial charge in [-0.2, -0.15) is 0 Å². The molecular weight excluding hydrogens is 226 g/mol. The molecule has 0 radical (unpaired) electrons. The van der Waals surface area contributed by atoms with E-state index in [2.05, 4.69) is 48.1 Å². The Kier molecular flexibility index (Phi) is 4.19. The van der Waals surface area contributed by atoms with Gasteiger partial charge in [-0.05, 0) is 39.4 Å². The van der Waals surface area contributed by atoms with E-state index in [4.69, 9.17) is 4.74 Å². The van der Waals surface area contributed by atoms with E-state index in [1.807, 2.05) is 13.2 Å². The van der Waals surface area contributed by atoms with Crippen LogP contribution in [0, 0.1) is 0 Å². The SMILES string of the molecule is CNC(C)c1ccc(N2CC(C)OC(C)C2)nc1. The van der Waals surface area contributed by atoms with Gasteiger partial charge in [0.25, 0.3) is 0 Å². The minimum atomic E-state index is 0.270. The highest BCUT2D eigenvalue weighted by molar-refractivity contribution is 5.40. The summed E-state index contributed by atoms with van der Waals surface area (Å²) in [5.74, 6) is 1.05. The Labute approximate surface area is 109 Å². The normalized spacial score (nSPS) is 26.1. The molecule has 2 heterocycles. The Morgan fingerprint density at radius 3 is 2.50 bits per heavy atom. The smallest absolute Gasteiger partial charge is 0.128 e. The Morgan fingerprint density at radius 1 is 1.33 bits per heavy atom. The molecule has 0 aliphatic carbocycles. The van der Waals surface area contributed by atoms with E-state index in [0.29, 0.717) is 6.04 Å². The van der Waals surface area contributed by atoms with Crippen molar-refractivity contribution in [3.05, 3.63) is 23.9 Å². The molecule has 100 valence electrons. The van der Waals surface area contributed by atoms with Gasteiger partial charge in [0.2, 0.25) is 0 Å². The van der Waals surface area contributed by atoms with Crippen LogP contribution in [0.1, 0.15) is 32.4 Å². The van der Waals surface area contributed by atoms with Crippen LogP contribution in [0.15, 0.2) is 18.3 Å². The van der Waals surface area contributed by atoms with E-state index in [-0.39, 0.29) is 12.2 Å². The molecule has 1 saturated heterocycles. The summed E-state index contributed by atoms with van der Waals surface area (Å²) in [6.45, 7) is 8.19. The number of nitrogens with zero attached hydrogens (tertiary/aromatic N) is 2. The maximum atomic E-state index is 5.74. The second-order valence-corrected chi connectivity index (χ2v) is 5.12. The van der Waals surface area contributed by atoms with Crippen molar-refractivity contribution in [2.24, 2.45) is 0 Å². The molecule has 18 heavy (non-hydrogen) atoms. The van der Waals surface area contributed by atoms with Crippen molar-refractivity contribution in [3.63, 3.8) is 0 Å². The molecule has 4 heteroatoms. The molecule has 0 amide bonds. The van der Waals surface area contributed by atoms with Gasteiger partial charge in [0.15, 0.2) is 0 Å². The molecule has 0 saturated carbocycles. The maximum absolute atomic E-state index is 5.74. The van der Waals surface area contributed by atoms with E-state index < -0.39 is 0 Å². The van der Waals surface area contributed by atoms with Crippen LogP contribution < -0.4 is 10.2 Å². The Balaban J connectivity index is 2.09. The molecule has 2 rings (SSSR count). The molecule has 1 aliphatic heterocycles. The molecule has 1 aromatic rings. The zero-order chi connectivity index (χ0) is 13.1. The quantitative estimate of drug-likeness (QED) is 0.889. The minimum absolute atomic E-state index is 0.270. The summed E-state index contributed by atoms with van der Waals surface area (Å²) < 4.78 is 5.74. The lowest BCUT2D eigenvalue weighted by Crippen LogP contribution is -2.45. The van der Waals surface area contributed by atoms with Crippen LogP contribution in [0.4, 0.5) is 5.82 Å². The standard InChI is InChI=1S/C14H23N3O/c1-10-8-17(9-11(2)18-10)14-6-5-13(7-16-14)12(3)15-4/h5-7,10-12,15H,8-9H2,1-4H3. The van der Waals surface area contributed by atoms with Crippen molar-refractivity contribution in [1.82, 2.24) is 10.3 Å². The second kappa shape index (κ2) is 5.67. The summed E-state index contributed by atoms with van der Waals surface area (Å²) in [6.07, 6.45) is 2.50. The second-order valence-electron chi connectivity index (χ2n) is 5.12. The van der Waals surface area contributed by atoms with E-state index in [9.17, 15) is 0 Å². The first-order chi connectivity index (χ1) is 8.60. The fourth-order valence-corrected chi connectivity index (χ4v) is 2.37. The molecule has 1 aromatic heterocycles. The lowest BCUT2D eigenvalue weighted by atomic mass is 10.1. The Bertz CT molecular complexity index is 369. The first kappa shape index (κ1) is 13.3. The predicted molar refractivity (Wildman–Crippen MR) is 73.9 cm³/mol. The monoisotopic (exact) mass is 249 g/mol. The van der Waals surface area contributed by atoms with E-state index in [0.717, 1.165) is 18.9 Å². The van der Waals surface area contributed by atoms with Crippen LogP contribution in [0.5, 0.6) is 0 Å². The number of morpholine rings is 1. The first-order valence-corrected chi connectivity index (χ1v) is 6.63. The van der Waals surface area contributed by atoms with Gasteiger partial charge < -0.3 is 15.0 Å². The predicted octanol–water partition coefficient (Wildman–Crippen LogP) is 1.98. The van der Waals surface area contributed by atoms with Gasteiger partial charge in [-0.1, -0.05) is 6.07 Å². The molecule has 3 atom stereocenters. The van der Waals surface area contributed by atoms with E-state index in [1.165, 1.54) is 5.56 Å². The van der Waals surface area contributed by atoms with Crippen molar-refractivity contribution in [3.8, 4) is 0 Å². The molecule has 0 bridgehead atoms. The van der Waals surface area contributed by atoms with Gasteiger partial charge in [-0.25, -0.2) is 4.98 Å². The number of aromatic nitrogens is 1. The molecule has 1 aliphatic rings. The highest BCUT2D eigenvalue weighted by Gasteiger charge is 2.23. The van der Waals surface area contributed by atoms with Gasteiger partial charge in [-0.15, -0.1) is 0 Å². The van der Waals surface area contributed by atoms with Gasteiger partial charge in [-0.3, -0.25) is 0 Å². The minimum Gasteiger partial charge on any atom is -0.372 e. The topological polar surface area (TPSA) is 37.4 Å². The van der Waals surface area contributed by atoms with Gasteiger partial charge >= 0.3 is 0 Å². The van der Waals surface area contributed by atoms with Gasteiger partial charge in [0, 0.05) is 25.3 Å². The highest BCUT2D eigenvalue weighted by Crippen LogP contribution is 2.20. The van der Waals surface area contributed by atoms with Crippen LogP contribution in [0.25, 0.3) is 0 Å². The van der Waals surface area contributed by atoms with Crippen molar-refractivity contribution in [1.29, 1.82) is 0 Å². The number of pyridine rings is 1. The lowest BCUT2D eigenvalue weighted by molar-refractivity contribution is -0.00545. The molecule has 4 nitrogen and oxygen atoms in total. The fourth-order valence-electron chi connectivity index (χ4n) is 2.37. The number of ether oxygens (including phenoxy) is 1. The summed E-state index contributed by atoms with van der Waals surface area (Å²) in [7, 11) is 1.96. The molecule has 0 aromatic carbocycles. The zero-order valence-corrected chi connectivity index (χ0v) is 11.7. The zero-order valence-electron chi connectivity index (χ0n) is 11.7. The number of anilines is 1. The van der Waals surface area contributed by atoms with Gasteiger partial charge in [0.05, 0.1) is 12.2 Å². The highest BCUT2D eigenvalue weighted by atomic mass is 16.5.